The molecule has 4 saturated heterocycles. The third kappa shape index (κ3) is 11.9. The molecule has 4 aliphatic rings. The summed E-state index contributed by atoms with van der Waals surface area (Å²) < 4.78 is 17.2. The summed E-state index contributed by atoms with van der Waals surface area (Å²) in [5, 5.41) is 2.01. The van der Waals surface area contributed by atoms with Crippen LogP contribution >= 0.6 is 0 Å². The van der Waals surface area contributed by atoms with Crippen molar-refractivity contribution in [1.82, 2.24) is 29.6 Å². The first-order chi connectivity index (χ1) is 28.0. The predicted octanol–water partition coefficient (Wildman–Crippen LogP) is 7.32. The molecule has 8 rings (SSSR count). The number of morpholine rings is 1. The SMILES string of the molecule is CC1CCN(C(=O)c2ccc3cc(OCCCN4CCCCC4)ccc3n2)CC1.O=C(c1ccc2cc(OCCCN3CCCCC3)ccc2n1)N1CCOCC1. The van der Waals surface area contributed by atoms with E-state index in [0.29, 0.717) is 43.6 Å². The van der Waals surface area contributed by atoms with E-state index in [1.54, 1.807) is 11.0 Å². The van der Waals surface area contributed by atoms with Crippen molar-refractivity contribution >= 4 is 33.6 Å². The Hall–Kier alpha value is -4.32. The highest BCUT2D eigenvalue weighted by molar-refractivity contribution is 5.96. The van der Waals surface area contributed by atoms with Gasteiger partial charge >= 0.3 is 0 Å². The van der Waals surface area contributed by atoms with Crippen molar-refractivity contribution in [1.29, 1.82) is 0 Å². The van der Waals surface area contributed by atoms with Crippen LogP contribution in [0.4, 0.5) is 0 Å². The van der Waals surface area contributed by atoms with Crippen molar-refractivity contribution in [3.63, 3.8) is 0 Å². The number of nitrogens with zero attached hydrogens (tertiary/aromatic N) is 6. The fourth-order valence-electron chi connectivity index (χ4n) is 8.25. The van der Waals surface area contributed by atoms with E-state index in [1.807, 2.05) is 59.5 Å². The summed E-state index contributed by atoms with van der Waals surface area (Å²) in [5.41, 5.74) is 2.70. The fraction of sp³-hybridized carbons (Fsp3) is 0.565. The van der Waals surface area contributed by atoms with Gasteiger partial charge in [0.2, 0.25) is 0 Å². The highest BCUT2D eigenvalue weighted by atomic mass is 16.5. The normalized spacial score (nSPS) is 18.6. The monoisotopic (exact) mass is 778 g/mol. The molecule has 0 radical (unpaired) electrons. The molecule has 6 heterocycles. The van der Waals surface area contributed by atoms with Gasteiger partial charge in [-0.1, -0.05) is 31.9 Å². The lowest BCUT2D eigenvalue weighted by Gasteiger charge is -2.30. The molecule has 2 amide bonds. The molecule has 11 nitrogen and oxygen atoms in total. The lowest BCUT2D eigenvalue weighted by molar-refractivity contribution is 0.0299. The van der Waals surface area contributed by atoms with Crippen molar-refractivity contribution in [2.45, 2.75) is 71.1 Å². The Balaban J connectivity index is 0.000000174. The zero-order valence-electron chi connectivity index (χ0n) is 34.0. The van der Waals surface area contributed by atoms with E-state index < -0.39 is 0 Å². The summed E-state index contributed by atoms with van der Waals surface area (Å²) in [6.45, 7) is 15.0. The predicted molar refractivity (Wildman–Crippen MR) is 225 cm³/mol. The summed E-state index contributed by atoms with van der Waals surface area (Å²) >= 11 is 0. The minimum atomic E-state index is -0.0248. The molecule has 0 saturated carbocycles. The molecule has 0 N–H and O–H groups in total. The average molecular weight is 779 g/mol. The molecular formula is C46H62N6O5. The molecule has 0 aliphatic carbocycles. The number of carbonyl (C=O) groups excluding carboxylic acids is 2. The van der Waals surface area contributed by atoms with Gasteiger partial charge in [0.1, 0.15) is 22.9 Å². The van der Waals surface area contributed by atoms with Crippen molar-refractivity contribution < 1.29 is 23.8 Å². The van der Waals surface area contributed by atoms with Crippen molar-refractivity contribution in [3.05, 3.63) is 72.1 Å². The first-order valence-electron chi connectivity index (χ1n) is 21.7. The molecule has 2 aromatic carbocycles. The lowest BCUT2D eigenvalue weighted by atomic mass is 9.99. The van der Waals surface area contributed by atoms with Crippen LogP contribution in [0.15, 0.2) is 60.7 Å². The number of hydrogen-bond donors (Lipinski definition) is 0. The maximum absolute atomic E-state index is 12.8. The number of amides is 2. The first kappa shape index (κ1) is 40.9. The van der Waals surface area contributed by atoms with Gasteiger partial charge in [-0.3, -0.25) is 9.59 Å². The van der Waals surface area contributed by atoms with Crippen LogP contribution in [0.1, 0.15) is 92.1 Å². The summed E-state index contributed by atoms with van der Waals surface area (Å²) in [5.74, 6) is 2.48. The molecule has 0 unspecified atom stereocenters. The molecule has 306 valence electrons. The second-order valence-corrected chi connectivity index (χ2v) is 16.2. The Morgan fingerprint density at radius 3 is 1.53 bits per heavy atom. The van der Waals surface area contributed by atoms with Crippen molar-refractivity contribution in [2.75, 3.05) is 91.9 Å². The van der Waals surface area contributed by atoms with E-state index >= 15 is 0 Å². The van der Waals surface area contributed by atoms with E-state index in [0.717, 1.165) is 98.4 Å². The van der Waals surface area contributed by atoms with Crippen molar-refractivity contribution in [3.8, 4) is 11.5 Å². The Morgan fingerprint density at radius 1 is 0.596 bits per heavy atom. The second kappa shape index (κ2) is 20.9. The molecular weight excluding hydrogens is 717 g/mol. The number of hydrogen-bond acceptors (Lipinski definition) is 9. The summed E-state index contributed by atoms with van der Waals surface area (Å²) in [7, 11) is 0. The largest absolute Gasteiger partial charge is 0.494 e. The Morgan fingerprint density at radius 2 is 1.05 bits per heavy atom. The minimum absolute atomic E-state index is 0.0248. The number of fused-ring (bicyclic) bond motifs is 2. The van der Waals surface area contributed by atoms with Gasteiger partial charge in [0.25, 0.3) is 11.8 Å². The lowest BCUT2D eigenvalue weighted by Crippen LogP contribution is -2.41. The van der Waals surface area contributed by atoms with Gasteiger partial charge in [-0.15, -0.1) is 0 Å². The van der Waals surface area contributed by atoms with Crippen LogP contribution in [0.2, 0.25) is 0 Å². The van der Waals surface area contributed by atoms with Gasteiger partial charge in [-0.2, -0.15) is 0 Å². The number of ether oxygens (including phenoxy) is 3. The van der Waals surface area contributed by atoms with Crippen LogP contribution in [-0.4, -0.2) is 133 Å². The third-order valence-electron chi connectivity index (χ3n) is 11.8. The van der Waals surface area contributed by atoms with Crippen LogP contribution < -0.4 is 9.47 Å². The summed E-state index contributed by atoms with van der Waals surface area (Å²) in [4.78, 5) is 43.3. The number of pyridine rings is 2. The van der Waals surface area contributed by atoms with Crippen LogP contribution in [0.5, 0.6) is 11.5 Å². The summed E-state index contributed by atoms with van der Waals surface area (Å²) in [6, 6.07) is 19.4. The highest BCUT2D eigenvalue weighted by Crippen LogP contribution is 2.24. The van der Waals surface area contributed by atoms with E-state index in [1.165, 1.54) is 64.7 Å². The molecule has 0 spiro atoms. The Labute approximate surface area is 338 Å². The van der Waals surface area contributed by atoms with Gasteiger partial charge in [0.05, 0.1) is 37.5 Å². The average Bonchev–Trinajstić information content (AvgIpc) is 3.27. The second-order valence-electron chi connectivity index (χ2n) is 16.2. The minimum Gasteiger partial charge on any atom is -0.494 e. The molecule has 4 aliphatic heterocycles. The molecule has 4 fully saturated rings. The number of carbonyl (C=O) groups is 2. The van der Waals surface area contributed by atoms with Gasteiger partial charge in [0.15, 0.2) is 0 Å². The highest BCUT2D eigenvalue weighted by Gasteiger charge is 2.23. The fourth-order valence-corrected chi connectivity index (χ4v) is 8.25. The maximum atomic E-state index is 12.8. The first-order valence-corrected chi connectivity index (χ1v) is 21.7. The van der Waals surface area contributed by atoms with Crippen LogP contribution in [0.3, 0.4) is 0 Å². The Bertz CT molecular complexity index is 1900. The van der Waals surface area contributed by atoms with E-state index in [-0.39, 0.29) is 11.8 Å². The molecule has 0 atom stereocenters. The molecule has 0 bridgehead atoms. The Kier molecular flexibility index (Phi) is 15.0. The van der Waals surface area contributed by atoms with Crippen molar-refractivity contribution in [2.24, 2.45) is 5.92 Å². The van der Waals surface area contributed by atoms with Gasteiger partial charge in [0, 0.05) is 50.0 Å². The number of aromatic nitrogens is 2. The van der Waals surface area contributed by atoms with Crippen LogP contribution in [0.25, 0.3) is 21.8 Å². The van der Waals surface area contributed by atoms with E-state index in [2.05, 4.69) is 26.7 Å². The quantitative estimate of drug-likeness (QED) is 0.137. The van der Waals surface area contributed by atoms with Gasteiger partial charge < -0.3 is 33.8 Å². The molecule has 2 aromatic heterocycles. The standard InChI is InChI=1S/C24H33N3O2.C22H29N3O3/c1-19-10-15-27(16-11-19)24(28)23-8-6-20-18-21(7-9-22(20)25-23)29-17-5-14-26-12-3-2-4-13-26;26-22(25-12-15-27-16-13-25)21-7-5-18-17-19(6-8-20(18)23-21)28-14-4-11-24-9-2-1-3-10-24/h6-9,18-19H,2-5,10-17H2,1H3;5-8,17H,1-4,9-16H2. The van der Waals surface area contributed by atoms with E-state index in [9.17, 15) is 9.59 Å². The van der Waals surface area contributed by atoms with Crippen LogP contribution in [-0.2, 0) is 4.74 Å². The summed E-state index contributed by atoms with van der Waals surface area (Å²) in [6.07, 6.45) is 12.3. The number of benzene rings is 2. The maximum Gasteiger partial charge on any atom is 0.272 e. The number of likely N-dealkylation sites (tertiary alicyclic amines) is 3. The smallest absolute Gasteiger partial charge is 0.272 e. The molecule has 57 heavy (non-hydrogen) atoms. The topological polar surface area (TPSA) is 101 Å². The van der Waals surface area contributed by atoms with Gasteiger partial charge in [-0.05, 0) is 132 Å². The number of piperidine rings is 3. The van der Waals surface area contributed by atoms with Crippen LogP contribution in [0, 0.1) is 5.92 Å². The zero-order valence-corrected chi connectivity index (χ0v) is 34.0. The van der Waals surface area contributed by atoms with Gasteiger partial charge in [-0.25, -0.2) is 9.97 Å². The zero-order chi connectivity index (χ0) is 39.2. The molecule has 4 aromatic rings. The molecule has 11 heteroatoms. The third-order valence-corrected chi connectivity index (χ3v) is 11.8. The van der Waals surface area contributed by atoms with E-state index in [4.69, 9.17) is 14.2 Å². The number of rotatable bonds is 12.